The molecule has 2 aromatic rings. The molecule has 0 unspecified atom stereocenters. The molecule has 1 N–H and O–H groups in total. The maximum Gasteiger partial charge on any atom is 0.257 e. The highest BCUT2D eigenvalue weighted by molar-refractivity contribution is 7.89. The SMILES string of the molecule is CCCN(CCC)C(=O)c1c(NC(=O)c2ccc(S(=O)(=O)N3CCC(C)CC3)cc2)sc2c1CCN(C(C)C)C2. The second kappa shape index (κ2) is 13.1. The minimum atomic E-state index is -3.59. The second-order valence-electron chi connectivity index (χ2n) is 11.4. The molecule has 2 aliphatic rings. The summed E-state index contributed by atoms with van der Waals surface area (Å²) < 4.78 is 27.8. The lowest BCUT2D eigenvalue weighted by molar-refractivity contribution is 0.0755. The molecule has 2 aliphatic heterocycles. The molecule has 3 heterocycles. The number of nitrogens with zero attached hydrogens (tertiary/aromatic N) is 3. The van der Waals surface area contributed by atoms with Crippen molar-refractivity contribution in [1.82, 2.24) is 14.1 Å². The van der Waals surface area contributed by atoms with Crippen LogP contribution >= 0.6 is 11.3 Å². The van der Waals surface area contributed by atoms with Crippen molar-refractivity contribution in [2.24, 2.45) is 5.92 Å². The zero-order valence-corrected chi connectivity index (χ0v) is 26.2. The van der Waals surface area contributed by atoms with Crippen LogP contribution in [-0.4, -0.2) is 73.1 Å². The fraction of sp³-hybridized carbons (Fsp3) is 0.600. The summed E-state index contributed by atoms with van der Waals surface area (Å²) in [6, 6.07) is 6.54. The summed E-state index contributed by atoms with van der Waals surface area (Å²) in [5, 5.41) is 3.61. The first kappa shape index (κ1) is 30.7. The summed E-state index contributed by atoms with van der Waals surface area (Å²) in [5.74, 6) is 0.162. The monoisotopic (exact) mass is 588 g/mol. The van der Waals surface area contributed by atoms with E-state index in [0.29, 0.717) is 54.3 Å². The van der Waals surface area contributed by atoms with Gasteiger partial charge >= 0.3 is 0 Å². The van der Waals surface area contributed by atoms with Crippen LogP contribution in [0.4, 0.5) is 5.00 Å². The van der Waals surface area contributed by atoms with Crippen LogP contribution in [0.15, 0.2) is 29.2 Å². The Morgan fingerprint density at radius 3 is 2.25 bits per heavy atom. The molecule has 40 heavy (non-hydrogen) atoms. The van der Waals surface area contributed by atoms with E-state index in [1.54, 1.807) is 12.1 Å². The summed E-state index contributed by atoms with van der Waals surface area (Å²) in [5.41, 5.74) is 2.03. The van der Waals surface area contributed by atoms with Crippen molar-refractivity contribution in [2.75, 3.05) is 38.0 Å². The molecule has 0 saturated carbocycles. The van der Waals surface area contributed by atoms with Gasteiger partial charge in [0.25, 0.3) is 11.8 Å². The number of anilines is 1. The van der Waals surface area contributed by atoms with Crippen molar-refractivity contribution in [3.8, 4) is 0 Å². The Labute approximate surface area is 243 Å². The van der Waals surface area contributed by atoms with E-state index >= 15 is 0 Å². The highest BCUT2D eigenvalue weighted by Gasteiger charge is 2.32. The molecule has 0 aliphatic carbocycles. The van der Waals surface area contributed by atoms with Crippen molar-refractivity contribution in [3.05, 3.63) is 45.8 Å². The summed E-state index contributed by atoms with van der Waals surface area (Å²) in [6.45, 7) is 14.7. The minimum absolute atomic E-state index is 0.0215. The lowest BCUT2D eigenvalue weighted by Gasteiger charge is -2.31. The van der Waals surface area contributed by atoms with Gasteiger partial charge in [-0.25, -0.2) is 8.42 Å². The standard InChI is InChI=1S/C30H44N4O4S2/c1-6-15-32(16-7-2)30(36)27-25-14-17-33(21(3)4)20-26(25)39-29(27)31-28(35)23-8-10-24(11-9-23)40(37,38)34-18-12-22(5)13-19-34/h8-11,21-22H,6-7,12-20H2,1-5H3,(H,31,35). The maximum absolute atomic E-state index is 13.8. The van der Waals surface area contributed by atoms with E-state index in [0.717, 1.165) is 55.6 Å². The summed E-state index contributed by atoms with van der Waals surface area (Å²) in [7, 11) is -3.59. The third-order valence-corrected chi connectivity index (χ3v) is 11.1. The highest BCUT2D eigenvalue weighted by atomic mass is 32.2. The number of benzene rings is 1. The van der Waals surface area contributed by atoms with Gasteiger partial charge in [-0.15, -0.1) is 11.3 Å². The second-order valence-corrected chi connectivity index (χ2v) is 14.4. The third-order valence-electron chi connectivity index (χ3n) is 8.03. The number of fused-ring (bicyclic) bond motifs is 1. The van der Waals surface area contributed by atoms with Gasteiger partial charge in [-0.1, -0.05) is 20.8 Å². The lowest BCUT2D eigenvalue weighted by atomic mass is 10.0. The Balaban J connectivity index is 1.59. The van der Waals surface area contributed by atoms with Gasteiger partial charge in [0.2, 0.25) is 10.0 Å². The number of amides is 2. The van der Waals surface area contributed by atoms with E-state index in [-0.39, 0.29) is 16.7 Å². The molecule has 0 atom stereocenters. The van der Waals surface area contributed by atoms with Crippen molar-refractivity contribution < 1.29 is 18.0 Å². The molecule has 10 heteroatoms. The lowest BCUT2D eigenvalue weighted by Crippen LogP contribution is -2.37. The van der Waals surface area contributed by atoms with E-state index < -0.39 is 10.0 Å². The highest BCUT2D eigenvalue weighted by Crippen LogP contribution is 2.39. The van der Waals surface area contributed by atoms with E-state index in [1.807, 2.05) is 4.90 Å². The minimum Gasteiger partial charge on any atom is -0.339 e. The fourth-order valence-electron chi connectivity index (χ4n) is 5.52. The third kappa shape index (κ3) is 6.61. The number of piperidine rings is 1. The zero-order chi connectivity index (χ0) is 29.0. The van der Waals surface area contributed by atoms with Crippen molar-refractivity contribution in [1.29, 1.82) is 0 Å². The Morgan fingerprint density at radius 1 is 1.05 bits per heavy atom. The van der Waals surface area contributed by atoms with Gasteiger partial charge in [-0.3, -0.25) is 14.5 Å². The van der Waals surface area contributed by atoms with E-state index in [2.05, 4.69) is 44.8 Å². The van der Waals surface area contributed by atoms with Gasteiger partial charge in [-0.2, -0.15) is 4.31 Å². The van der Waals surface area contributed by atoms with Gasteiger partial charge in [0.05, 0.1) is 10.5 Å². The van der Waals surface area contributed by atoms with Crippen LogP contribution in [0.5, 0.6) is 0 Å². The van der Waals surface area contributed by atoms with Crippen LogP contribution in [0, 0.1) is 5.92 Å². The Kier molecular flexibility index (Phi) is 10.1. The number of rotatable bonds is 10. The predicted octanol–water partition coefficient (Wildman–Crippen LogP) is 5.45. The summed E-state index contributed by atoms with van der Waals surface area (Å²) >= 11 is 1.49. The largest absolute Gasteiger partial charge is 0.339 e. The van der Waals surface area contributed by atoms with Gasteiger partial charge in [0.15, 0.2) is 0 Å². The molecule has 0 spiro atoms. The molecular weight excluding hydrogens is 544 g/mol. The van der Waals surface area contributed by atoms with Crippen molar-refractivity contribution in [2.45, 2.75) is 84.2 Å². The van der Waals surface area contributed by atoms with E-state index in [9.17, 15) is 18.0 Å². The number of carbonyl (C=O) groups is 2. The number of thiophene rings is 1. The van der Waals surface area contributed by atoms with Crippen LogP contribution in [-0.2, 0) is 23.0 Å². The van der Waals surface area contributed by atoms with Crippen molar-refractivity contribution >= 4 is 38.2 Å². The van der Waals surface area contributed by atoms with Gasteiger partial charge < -0.3 is 10.2 Å². The maximum atomic E-state index is 13.8. The Morgan fingerprint density at radius 2 is 1.68 bits per heavy atom. The molecule has 4 rings (SSSR count). The number of sulfonamides is 1. The molecule has 1 saturated heterocycles. The number of carbonyl (C=O) groups excluding carboxylic acids is 2. The summed E-state index contributed by atoms with van der Waals surface area (Å²) in [6.07, 6.45) is 4.22. The average Bonchev–Trinajstić information content (AvgIpc) is 3.29. The molecule has 1 fully saturated rings. The summed E-state index contributed by atoms with van der Waals surface area (Å²) in [4.78, 5) is 32.8. The van der Waals surface area contributed by atoms with Crippen LogP contribution in [0.2, 0.25) is 0 Å². The normalized spacial score (nSPS) is 17.1. The number of nitrogens with one attached hydrogen (secondary N) is 1. The topological polar surface area (TPSA) is 90.0 Å². The Bertz CT molecular complexity index is 1290. The first-order valence-electron chi connectivity index (χ1n) is 14.7. The van der Waals surface area contributed by atoms with Crippen LogP contribution in [0.3, 0.4) is 0 Å². The first-order valence-corrected chi connectivity index (χ1v) is 16.9. The van der Waals surface area contributed by atoms with Crippen LogP contribution in [0.1, 0.15) is 91.5 Å². The Hall–Kier alpha value is -2.27. The fourth-order valence-corrected chi connectivity index (χ4v) is 8.25. The first-order chi connectivity index (χ1) is 19.1. The van der Waals surface area contributed by atoms with Gasteiger partial charge in [-0.05, 0) is 81.7 Å². The molecule has 1 aromatic carbocycles. The zero-order valence-electron chi connectivity index (χ0n) is 24.5. The predicted molar refractivity (Wildman–Crippen MR) is 162 cm³/mol. The van der Waals surface area contributed by atoms with Crippen LogP contribution < -0.4 is 5.32 Å². The van der Waals surface area contributed by atoms with E-state index in [1.165, 1.54) is 27.8 Å². The van der Waals surface area contributed by atoms with Crippen LogP contribution in [0.25, 0.3) is 0 Å². The van der Waals surface area contributed by atoms with E-state index in [4.69, 9.17) is 0 Å². The van der Waals surface area contributed by atoms with Gasteiger partial charge in [0.1, 0.15) is 5.00 Å². The molecule has 220 valence electrons. The number of hydrogen-bond acceptors (Lipinski definition) is 6. The molecule has 8 nitrogen and oxygen atoms in total. The molecular formula is C30H44N4O4S2. The quantitative estimate of drug-likeness (QED) is 0.399. The van der Waals surface area contributed by atoms with Gasteiger partial charge in [0, 0.05) is 55.8 Å². The van der Waals surface area contributed by atoms with Crippen molar-refractivity contribution in [3.63, 3.8) is 0 Å². The molecule has 0 radical (unpaired) electrons. The number of hydrogen-bond donors (Lipinski definition) is 1. The average molecular weight is 589 g/mol. The molecule has 1 aromatic heterocycles. The molecule has 2 amide bonds. The smallest absolute Gasteiger partial charge is 0.257 e. The molecule has 0 bridgehead atoms.